The van der Waals surface area contributed by atoms with Crippen molar-refractivity contribution >= 4 is 44.4 Å². The standard InChI is InChI=1S/C35H41N7O8S/c1-6-21-17-35(21,33(46)41-51(47,48)24-8-9-24)40-30(44)27-16-23(50-31-25-10-7-22(49-5)15-20(25)11-12-38-31)19-42(27)32(45)28(34(2,3)4)39-29(43)26-18-36-13-14-37-26/h6-7,10-15,18,21,23-24,27-28H,1,8-9,16-17,19H2,2-5H3,(H,39,43)(H,40,44)(H,41,46)/t21?,23-,27+,28-,35?/m1/s1. The van der Waals surface area contributed by atoms with Crippen LogP contribution >= 0.6 is 0 Å². The fraction of sp³-hybridized carbons (Fsp3) is 0.457. The summed E-state index contributed by atoms with van der Waals surface area (Å²) in [6, 6.07) is 4.93. The Morgan fingerprint density at radius 1 is 1.10 bits per heavy atom. The average molecular weight is 720 g/mol. The van der Waals surface area contributed by atoms with E-state index in [-0.39, 0.29) is 31.0 Å². The number of hydrogen-bond donors (Lipinski definition) is 3. The third kappa shape index (κ3) is 7.36. The SMILES string of the molecule is C=CC1CC1(NC(=O)[C@@H]1C[C@@H](Oc2nccc3cc(OC)ccc23)CN1C(=O)[C@@H](NC(=O)c1cnccn1)C(C)(C)C)C(=O)NS(=O)(=O)C1CC1. The molecule has 0 spiro atoms. The molecule has 2 saturated carbocycles. The van der Waals surface area contributed by atoms with Gasteiger partial charge >= 0.3 is 0 Å². The fourth-order valence-corrected chi connectivity index (χ4v) is 7.70. The molecular weight excluding hydrogens is 678 g/mol. The van der Waals surface area contributed by atoms with Gasteiger partial charge in [-0.2, -0.15) is 0 Å². The van der Waals surface area contributed by atoms with Gasteiger partial charge in [0.2, 0.25) is 27.7 Å². The Morgan fingerprint density at radius 2 is 1.86 bits per heavy atom. The van der Waals surface area contributed by atoms with Crippen LogP contribution < -0.4 is 24.8 Å². The molecule has 6 rings (SSSR count). The summed E-state index contributed by atoms with van der Waals surface area (Å²) in [5.74, 6) is -2.32. The molecule has 51 heavy (non-hydrogen) atoms. The molecule has 0 bridgehead atoms. The van der Waals surface area contributed by atoms with Gasteiger partial charge in [0.1, 0.15) is 35.2 Å². The maximum Gasteiger partial charge on any atom is 0.272 e. The Morgan fingerprint density at radius 3 is 2.49 bits per heavy atom. The van der Waals surface area contributed by atoms with Crippen LogP contribution in [-0.2, 0) is 24.4 Å². The molecule has 4 amide bonds. The molecule has 2 unspecified atom stereocenters. The minimum atomic E-state index is -3.90. The Hall–Kier alpha value is -5.12. The van der Waals surface area contributed by atoms with E-state index >= 15 is 0 Å². The zero-order valence-electron chi connectivity index (χ0n) is 28.8. The van der Waals surface area contributed by atoms with E-state index in [0.717, 1.165) is 5.39 Å². The highest BCUT2D eigenvalue weighted by molar-refractivity contribution is 7.91. The fourth-order valence-electron chi connectivity index (χ4n) is 6.34. The highest BCUT2D eigenvalue weighted by Gasteiger charge is 2.62. The summed E-state index contributed by atoms with van der Waals surface area (Å²) in [5, 5.41) is 6.39. The van der Waals surface area contributed by atoms with Crippen LogP contribution in [0.4, 0.5) is 0 Å². The van der Waals surface area contributed by atoms with E-state index in [9.17, 15) is 27.6 Å². The first-order chi connectivity index (χ1) is 24.2. The monoisotopic (exact) mass is 719 g/mol. The van der Waals surface area contributed by atoms with Crippen molar-refractivity contribution in [1.29, 1.82) is 0 Å². The van der Waals surface area contributed by atoms with Crippen molar-refractivity contribution in [3.05, 3.63) is 67.4 Å². The Kier molecular flexibility index (Phi) is 9.48. The Balaban J connectivity index is 1.30. The quantitative estimate of drug-likeness (QED) is 0.231. The molecule has 15 nitrogen and oxygen atoms in total. The number of amides is 4. The topological polar surface area (TPSA) is 199 Å². The highest BCUT2D eigenvalue weighted by Crippen LogP contribution is 2.45. The van der Waals surface area contributed by atoms with Crippen LogP contribution in [0.5, 0.6) is 11.6 Å². The van der Waals surface area contributed by atoms with Gasteiger partial charge in [-0.1, -0.05) is 26.8 Å². The van der Waals surface area contributed by atoms with Crippen molar-refractivity contribution in [3.63, 3.8) is 0 Å². The number of carbonyl (C=O) groups is 4. The van der Waals surface area contributed by atoms with Gasteiger partial charge in [-0.25, -0.2) is 18.4 Å². The molecular formula is C35H41N7O8S. The van der Waals surface area contributed by atoms with Gasteiger partial charge in [0.05, 0.1) is 25.1 Å². The lowest BCUT2D eigenvalue weighted by Crippen LogP contribution is -2.60. The highest BCUT2D eigenvalue weighted by atomic mass is 32.2. The lowest BCUT2D eigenvalue weighted by molar-refractivity contribution is -0.142. The van der Waals surface area contributed by atoms with E-state index < -0.39 is 74.0 Å². The number of nitrogens with one attached hydrogen (secondary N) is 3. The van der Waals surface area contributed by atoms with Crippen molar-refractivity contribution in [2.75, 3.05) is 13.7 Å². The summed E-state index contributed by atoms with van der Waals surface area (Å²) >= 11 is 0. The van der Waals surface area contributed by atoms with Crippen LogP contribution in [0.15, 0.2) is 61.7 Å². The molecule has 5 atom stereocenters. The van der Waals surface area contributed by atoms with E-state index in [4.69, 9.17) is 9.47 Å². The summed E-state index contributed by atoms with van der Waals surface area (Å²) in [6.07, 6.45) is 7.46. The number of hydrogen-bond acceptors (Lipinski definition) is 11. The first-order valence-electron chi connectivity index (χ1n) is 16.6. The third-order valence-corrected chi connectivity index (χ3v) is 11.3. The van der Waals surface area contributed by atoms with Gasteiger partial charge in [-0.3, -0.25) is 28.9 Å². The maximum atomic E-state index is 14.5. The van der Waals surface area contributed by atoms with Gasteiger partial charge < -0.3 is 25.0 Å². The first-order valence-corrected chi connectivity index (χ1v) is 18.2. The molecule has 3 aliphatic rings. The lowest BCUT2D eigenvalue weighted by Gasteiger charge is -2.35. The molecule has 16 heteroatoms. The van der Waals surface area contributed by atoms with Crippen molar-refractivity contribution in [2.45, 2.75) is 75.4 Å². The van der Waals surface area contributed by atoms with Crippen LogP contribution in [0.2, 0.25) is 0 Å². The van der Waals surface area contributed by atoms with E-state index in [1.807, 2.05) is 6.07 Å². The first kappa shape index (κ1) is 35.7. The smallest absolute Gasteiger partial charge is 0.272 e. The largest absolute Gasteiger partial charge is 0.497 e. The van der Waals surface area contributed by atoms with Gasteiger partial charge in [0.25, 0.3) is 11.8 Å². The van der Waals surface area contributed by atoms with Crippen LogP contribution in [0.25, 0.3) is 10.8 Å². The molecule has 270 valence electrons. The van der Waals surface area contributed by atoms with Crippen molar-refractivity contribution < 1.29 is 37.1 Å². The van der Waals surface area contributed by atoms with Crippen molar-refractivity contribution in [1.82, 2.24) is 35.2 Å². The number of carbonyl (C=O) groups excluding carboxylic acids is 4. The summed E-state index contributed by atoms with van der Waals surface area (Å²) in [5.41, 5.74) is -2.38. The van der Waals surface area contributed by atoms with Gasteiger partial charge in [-0.15, -0.1) is 6.58 Å². The number of fused-ring (bicyclic) bond motifs is 1. The van der Waals surface area contributed by atoms with Crippen LogP contribution in [0.3, 0.4) is 0 Å². The van der Waals surface area contributed by atoms with Gasteiger partial charge in [0, 0.05) is 36.3 Å². The Bertz CT molecular complexity index is 1980. The van der Waals surface area contributed by atoms with Crippen LogP contribution in [-0.4, -0.2) is 94.5 Å². The molecule has 1 aromatic carbocycles. The number of benzene rings is 1. The molecule has 3 heterocycles. The number of nitrogens with zero attached hydrogens (tertiary/aromatic N) is 4. The van der Waals surface area contributed by atoms with E-state index in [1.54, 1.807) is 52.3 Å². The molecule has 3 aromatic rings. The van der Waals surface area contributed by atoms with E-state index in [2.05, 4.69) is 36.9 Å². The Labute approximate surface area is 295 Å². The van der Waals surface area contributed by atoms with Crippen LogP contribution in [0.1, 0.15) is 56.9 Å². The van der Waals surface area contributed by atoms with Crippen molar-refractivity contribution in [2.24, 2.45) is 11.3 Å². The van der Waals surface area contributed by atoms with Crippen molar-refractivity contribution in [3.8, 4) is 11.6 Å². The lowest BCUT2D eigenvalue weighted by atomic mass is 9.85. The molecule has 2 aliphatic carbocycles. The predicted octanol–water partition coefficient (Wildman–Crippen LogP) is 1.90. The number of methoxy groups -OCH3 is 1. The zero-order chi connectivity index (χ0) is 36.7. The molecule has 1 saturated heterocycles. The number of sulfonamides is 1. The van der Waals surface area contributed by atoms with E-state index in [0.29, 0.717) is 24.0 Å². The minimum Gasteiger partial charge on any atom is -0.497 e. The summed E-state index contributed by atoms with van der Waals surface area (Å²) in [4.78, 5) is 69.1. The summed E-state index contributed by atoms with van der Waals surface area (Å²) in [6.45, 7) is 9.03. The van der Waals surface area contributed by atoms with Gasteiger partial charge in [-0.05, 0) is 54.3 Å². The number of rotatable bonds is 12. The van der Waals surface area contributed by atoms with E-state index in [1.165, 1.54) is 29.6 Å². The molecule has 0 radical (unpaired) electrons. The molecule has 3 N–H and O–H groups in total. The normalized spacial score (nSPS) is 23.5. The second-order valence-electron chi connectivity index (χ2n) is 14.2. The number of ether oxygens (including phenoxy) is 2. The molecule has 2 aromatic heterocycles. The molecule has 1 aliphatic heterocycles. The second kappa shape index (κ2) is 13.5. The zero-order valence-corrected chi connectivity index (χ0v) is 29.6. The minimum absolute atomic E-state index is 0.00781. The van der Waals surface area contributed by atoms with Crippen LogP contribution in [0, 0.1) is 11.3 Å². The predicted molar refractivity (Wildman–Crippen MR) is 185 cm³/mol. The third-order valence-electron chi connectivity index (χ3n) is 9.49. The van der Waals surface area contributed by atoms with Gasteiger partial charge in [0.15, 0.2) is 0 Å². The number of likely N-dealkylation sites (tertiary alicyclic amines) is 1. The number of aromatic nitrogens is 3. The maximum absolute atomic E-state index is 14.5. The average Bonchev–Trinajstić information content (AvgIpc) is 4.03. The summed E-state index contributed by atoms with van der Waals surface area (Å²) in [7, 11) is -2.34. The summed E-state index contributed by atoms with van der Waals surface area (Å²) < 4.78 is 39.2. The second-order valence-corrected chi connectivity index (χ2v) is 16.2. The number of pyridine rings is 1. The molecule has 3 fully saturated rings.